The van der Waals surface area contributed by atoms with Crippen LogP contribution in [-0.4, -0.2) is 52.6 Å². The van der Waals surface area contributed by atoms with E-state index >= 15 is 0 Å². The number of aliphatic hydroxyl groups is 1. The van der Waals surface area contributed by atoms with E-state index in [9.17, 15) is 36.0 Å². The summed E-state index contributed by atoms with van der Waals surface area (Å²) in [5.74, 6) is -0.840. The Kier molecular flexibility index (Phi) is 8.65. The summed E-state index contributed by atoms with van der Waals surface area (Å²) in [5.41, 5.74) is -0.834. The Hall–Kier alpha value is -2.60. The summed E-state index contributed by atoms with van der Waals surface area (Å²) in [5, 5.41) is 18.2. The minimum atomic E-state index is -4.59. The minimum absolute atomic E-state index is 0.0455. The lowest BCUT2D eigenvalue weighted by molar-refractivity contribution is -0.137. The maximum Gasteiger partial charge on any atom is 0.416 e. The van der Waals surface area contributed by atoms with Crippen LogP contribution in [0.2, 0.25) is 0 Å². The van der Waals surface area contributed by atoms with Crippen LogP contribution in [0.4, 0.5) is 19.0 Å². The van der Waals surface area contributed by atoms with Gasteiger partial charge < -0.3 is 15.0 Å². The maximum atomic E-state index is 13.4. The molecule has 1 aliphatic rings. The zero-order chi connectivity index (χ0) is 28.5. The van der Waals surface area contributed by atoms with E-state index in [4.69, 9.17) is 5.14 Å². The smallest absolute Gasteiger partial charge is 0.416 e. The first-order valence-electron chi connectivity index (χ1n) is 11.4. The van der Waals surface area contributed by atoms with E-state index in [1.165, 1.54) is 30.7 Å². The summed E-state index contributed by atoms with van der Waals surface area (Å²) < 4.78 is 79.2. The van der Waals surface area contributed by atoms with Gasteiger partial charge in [0.25, 0.3) is 0 Å². The molecule has 2 heterocycles. The van der Waals surface area contributed by atoms with Gasteiger partial charge in [0.05, 0.1) is 33.6 Å². The third-order valence-electron chi connectivity index (χ3n) is 6.07. The summed E-state index contributed by atoms with van der Waals surface area (Å²) >= 11 is -0.924. The van der Waals surface area contributed by atoms with Gasteiger partial charge in [-0.25, -0.2) is 15.1 Å². The summed E-state index contributed by atoms with van der Waals surface area (Å²) in [6, 6.07) is 5.22. The number of aromatic nitrogens is 2. The number of aryl methyl sites for hydroxylation is 1. The summed E-state index contributed by atoms with van der Waals surface area (Å²) in [7, 11) is -4.16. The molecule has 39 heavy (non-hydrogen) atoms. The van der Waals surface area contributed by atoms with Crippen molar-refractivity contribution in [2.75, 3.05) is 11.9 Å². The number of nitrogens with zero attached hydrogens (tertiary/aromatic N) is 2. The van der Waals surface area contributed by atoms with Crippen LogP contribution in [0.1, 0.15) is 38.5 Å². The van der Waals surface area contributed by atoms with Gasteiger partial charge in [-0.3, -0.25) is 8.98 Å². The van der Waals surface area contributed by atoms with Crippen LogP contribution in [0.25, 0.3) is 0 Å². The van der Waals surface area contributed by atoms with Crippen molar-refractivity contribution < 1.29 is 40.2 Å². The molecule has 0 aliphatic heterocycles. The van der Waals surface area contributed by atoms with Gasteiger partial charge in [-0.2, -0.15) is 21.6 Å². The Morgan fingerprint density at radius 3 is 2.77 bits per heavy atom. The Morgan fingerprint density at radius 1 is 1.33 bits per heavy atom. The Balaban J connectivity index is 1.52. The summed E-state index contributed by atoms with van der Waals surface area (Å²) in [6.45, 7) is 1.32. The molecule has 0 unspecified atom stereocenters. The molecule has 0 bridgehead atoms. The van der Waals surface area contributed by atoms with Crippen LogP contribution >= 0.6 is 11.3 Å². The van der Waals surface area contributed by atoms with Gasteiger partial charge in [0.1, 0.15) is 12.1 Å². The monoisotopic (exact) mass is 604 g/mol. The third kappa shape index (κ3) is 7.13. The number of anilines is 1. The van der Waals surface area contributed by atoms with E-state index in [1.807, 2.05) is 0 Å². The predicted octanol–water partition coefficient (Wildman–Crippen LogP) is 3.03. The first kappa shape index (κ1) is 29.4. The average molecular weight is 605 g/mol. The molecule has 4 rings (SSSR count). The van der Waals surface area contributed by atoms with Gasteiger partial charge in [0.15, 0.2) is 9.79 Å². The lowest BCUT2D eigenvalue weighted by Crippen LogP contribution is -2.24. The van der Waals surface area contributed by atoms with Gasteiger partial charge in [-0.15, -0.1) is 11.3 Å². The van der Waals surface area contributed by atoms with Crippen molar-refractivity contribution in [3.8, 4) is 0 Å². The molecule has 4 atom stereocenters. The van der Waals surface area contributed by atoms with Crippen molar-refractivity contribution in [2.24, 2.45) is 11.1 Å². The zero-order valence-electron chi connectivity index (χ0n) is 20.2. The molecule has 0 saturated heterocycles. The van der Waals surface area contributed by atoms with Crippen LogP contribution in [-0.2, 0) is 31.8 Å². The second kappa shape index (κ2) is 11.5. The Bertz CT molecular complexity index is 1470. The van der Waals surface area contributed by atoms with Gasteiger partial charge in [-0.1, -0.05) is 6.07 Å². The van der Waals surface area contributed by atoms with Crippen molar-refractivity contribution in [3.63, 3.8) is 0 Å². The summed E-state index contributed by atoms with van der Waals surface area (Å²) in [6.07, 6.45) is -2.41. The molecule has 3 aromatic rings. The van der Waals surface area contributed by atoms with Crippen molar-refractivity contribution >= 4 is 44.4 Å². The first-order valence-corrected chi connectivity index (χ1v) is 14.8. The number of halogens is 3. The fourth-order valence-electron chi connectivity index (χ4n) is 4.19. The zero-order valence-corrected chi connectivity index (χ0v) is 22.7. The van der Waals surface area contributed by atoms with Crippen LogP contribution in [0, 0.1) is 12.8 Å². The van der Waals surface area contributed by atoms with Gasteiger partial charge in [-0.05, 0) is 31.9 Å². The molecule has 1 aromatic carbocycles. The quantitative estimate of drug-likeness (QED) is 0.246. The van der Waals surface area contributed by atoms with Gasteiger partial charge in [0.2, 0.25) is 5.78 Å². The number of nitrogens with one attached hydrogen (secondary N) is 1. The maximum absolute atomic E-state index is 13.4. The van der Waals surface area contributed by atoms with Crippen molar-refractivity contribution in [2.45, 2.75) is 47.9 Å². The fraction of sp³-hybridized carbons (Fsp3) is 0.348. The van der Waals surface area contributed by atoms with E-state index in [-0.39, 0.29) is 45.1 Å². The molecule has 10 nitrogen and oxygen atoms in total. The Labute approximate surface area is 228 Å². The number of carbonyl (C=O) groups is 1. The highest BCUT2D eigenvalue weighted by atomic mass is 32.2. The lowest BCUT2D eigenvalue weighted by atomic mass is 10.1. The number of alkyl halides is 3. The van der Waals surface area contributed by atoms with E-state index in [2.05, 4.69) is 19.5 Å². The molecular formula is C23H23F3N4O6S3. The molecule has 0 amide bonds. The Morgan fingerprint density at radius 2 is 2.08 bits per heavy atom. The van der Waals surface area contributed by atoms with Gasteiger partial charge in [0, 0.05) is 41.5 Å². The number of rotatable bonds is 9. The highest BCUT2D eigenvalue weighted by molar-refractivity contribution is 7.91. The second-order valence-electron chi connectivity index (χ2n) is 8.86. The third-order valence-corrected chi connectivity index (χ3v) is 9.22. The van der Waals surface area contributed by atoms with Gasteiger partial charge >= 0.3 is 16.5 Å². The fourth-order valence-corrected chi connectivity index (χ4v) is 7.03. The first-order chi connectivity index (χ1) is 18.2. The van der Waals surface area contributed by atoms with E-state index in [1.54, 1.807) is 6.92 Å². The number of benzene rings is 1. The predicted molar refractivity (Wildman–Crippen MR) is 136 cm³/mol. The molecule has 2 aromatic heterocycles. The van der Waals surface area contributed by atoms with E-state index in [0.29, 0.717) is 11.3 Å². The van der Waals surface area contributed by atoms with Crippen LogP contribution < -0.4 is 10.5 Å². The molecular weight excluding hydrogens is 581 g/mol. The van der Waals surface area contributed by atoms with Crippen molar-refractivity contribution in [1.29, 1.82) is 0 Å². The molecule has 1 aliphatic carbocycles. The van der Waals surface area contributed by atoms with Crippen LogP contribution in [0.3, 0.4) is 0 Å². The molecule has 210 valence electrons. The van der Waals surface area contributed by atoms with Crippen molar-refractivity contribution in [3.05, 3.63) is 63.7 Å². The second-order valence-corrected chi connectivity index (χ2v) is 12.8. The molecule has 1 fully saturated rings. The van der Waals surface area contributed by atoms with E-state index in [0.717, 1.165) is 23.5 Å². The molecule has 0 spiro atoms. The standard InChI is InChI=1S/C23H23F3N4O6S3/c1-12-20(38(33)16-4-2-3-14(6-16)23(24,25)26)8-19(37-12)21(32)17-9-28-11-29-22(17)30-15-5-13(18(31)7-15)10-36-39(27,34)35/h2-4,6,8-9,11,13,15,18,31H,5,7,10H2,1H3,(H2,27,34,35)(H,28,29,30)/t13-,15-,18+,38+/m1/s1. The van der Waals surface area contributed by atoms with Crippen LogP contribution in [0.5, 0.6) is 0 Å². The average Bonchev–Trinajstić information content (AvgIpc) is 3.43. The summed E-state index contributed by atoms with van der Waals surface area (Å²) in [4.78, 5) is 22.3. The number of hydrogen-bond donors (Lipinski definition) is 3. The molecule has 16 heteroatoms. The lowest BCUT2D eigenvalue weighted by Gasteiger charge is -2.15. The van der Waals surface area contributed by atoms with Crippen molar-refractivity contribution in [1.82, 2.24) is 9.97 Å². The number of nitrogens with two attached hydrogens (primary N) is 1. The highest BCUT2D eigenvalue weighted by Gasteiger charge is 2.35. The normalized spacial score (nSPS) is 20.6. The minimum Gasteiger partial charge on any atom is -0.606 e. The number of ketones is 1. The largest absolute Gasteiger partial charge is 0.606 e. The number of carbonyl (C=O) groups excluding carboxylic acids is 1. The number of hydrogen-bond acceptors (Lipinski definition) is 10. The topological polar surface area (TPSA) is 168 Å². The SMILES string of the molecule is Cc1sc(C(=O)c2cncnc2N[C@@H]2C[C@H](COS(N)(=O)=O)[C@@H](O)C2)cc1[S@@+]([O-])c1cccc(C(F)(F)F)c1. The highest BCUT2D eigenvalue weighted by Crippen LogP contribution is 2.36. The molecule has 4 N–H and O–H groups in total. The molecule has 0 radical (unpaired) electrons. The number of thiophene rings is 1. The van der Waals surface area contributed by atoms with E-state index < -0.39 is 51.0 Å². The number of aliphatic hydroxyl groups excluding tert-OH is 1. The van der Waals surface area contributed by atoms with Crippen LogP contribution in [0.15, 0.2) is 52.6 Å². The molecule has 1 saturated carbocycles.